The van der Waals surface area contributed by atoms with Gasteiger partial charge in [0.15, 0.2) is 0 Å². The molecular formula is C21H21N3O3. The average Bonchev–Trinajstić information content (AvgIpc) is 2.63. The number of carbonyl (C=O) groups excluding carboxylic acids is 1. The van der Waals surface area contributed by atoms with Crippen molar-refractivity contribution in [2.45, 2.75) is 26.2 Å². The van der Waals surface area contributed by atoms with Gasteiger partial charge in [-0.05, 0) is 35.2 Å². The fourth-order valence-electron chi connectivity index (χ4n) is 2.50. The van der Waals surface area contributed by atoms with Crippen molar-refractivity contribution in [3.05, 3.63) is 71.4 Å². The Labute approximate surface area is 158 Å². The Kier molecular flexibility index (Phi) is 6.73. The van der Waals surface area contributed by atoms with Crippen molar-refractivity contribution >= 4 is 23.3 Å². The molecule has 0 spiro atoms. The second-order valence-electron chi connectivity index (χ2n) is 6.28. The van der Waals surface area contributed by atoms with Gasteiger partial charge in [-0.15, -0.1) is 0 Å². The van der Waals surface area contributed by atoms with E-state index in [0.717, 1.165) is 5.56 Å². The minimum Gasteiger partial charge on any atom is -0.481 e. The van der Waals surface area contributed by atoms with Gasteiger partial charge in [-0.1, -0.05) is 44.2 Å². The third-order valence-electron chi connectivity index (χ3n) is 3.89. The number of hydrogen-bond acceptors (Lipinski definition) is 4. The minimum absolute atomic E-state index is 0.0583. The number of anilines is 2. The maximum atomic E-state index is 12.4. The lowest BCUT2D eigenvalue weighted by atomic mass is 10.0. The van der Waals surface area contributed by atoms with E-state index < -0.39 is 11.9 Å². The second kappa shape index (κ2) is 9.20. The Morgan fingerprint density at radius 2 is 1.81 bits per heavy atom. The molecule has 6 nitrogen and oxygen atoms in total. The summed E-state index contributed by atoms with van der Waals surface area (Å²) < 4.78 is 0. The van der Waals surface area contributed by atoms with Crippen LogP contribution in [0.3, 0.4) is 0 Å². The summed E-state index contributed by atoms with van der Waals surface area (Å²) in [4.78, 5) is 23.1. The lowest BCUT2D eigenvalue weighted by molar-refractivity contribution is -0.136. The number of carbonyl (C=O) groups is 2. The molecule has 0 atom stereocenters. The second-order valence-corrected chi connectivity index (χ2v) is 6.28. The third-order valence-corrected chi connectivity index (χ3v) is 3.89. The van der Waals surface area contributed by atoms with Gasteiger partial charge in [0.05, 0.1) is 6.42 Å². The van der Waals surface area contributed by atoms with E-state index in [1.54, 1.807) is 30.3 Å². The highest BCUT2D eigenvalue weighted by Crippen LogP contribution is 2.24. The monoisotopic (exact) mass is 363 g/mol. The fourth-order valence-corrected chi connectivity index (χ4v) is 2.50. The predicted molar refractivity (Wildman–Crippen MR) is 104 cm³/mol. The molecule has 0 radical (unpaired) electrons. The highest BCUT2D eigenvalue weighted by Gasteiger charge is 2.13. The number of benzene rings is 2. The van der Waals surface area contributed by atoms with Crippen molar-refractivity contribution in [2.75, 3.05) is 10.6 Å². The quantitative estimate of drug-likeness (QED) is 0.511. The third kappa shape index (κ3) is 5.72. The number of amides is 1. The van der Waals surface area contributed by atoms with Crippen LogP contribution in [0.2, 0.25) is 0 Å². The molecule has 0 bridgehead atoms. The van der Waals surface area contributed by atoms with E-state index in [1.165, 1.54) is 6.20 Å². The number of aliphatic carboxylic acids is 1. The summed E-state index contributed by atoms with van der Waals surface area (Å²) >= 11 is 0. The van der Waals surface area contributed by atoms with E-state index in [1.807, 2.05) is 38.1 Å². The zero-order valence-corrected chi connectivity index (χ0v) is 15.2. The Morgan fingerprint density at radius 1 is 1.15 bits per heavy atom. The number of carboxylic acids is 1. The first-order valence-corrected chi connectivity index (χ1v) is 8.48. The van der Waals surface area contributed by atoms with Crippen LogP contribution < -0.4 is 10.6 Å². The smallest absolute Gasteiger partial charge is 0.307 e. The number of rotatable bonds is 7. The van der Waals surface area contributed by atoms with Gasteiger partial charge >= 0.3 is 5.97 Å². The molecule has 0 saturated carbocycles. The topological polar surface area (TPSA) is 102 Å². The molecule has 0 aliphatic carbocycles. The van der Waals surface area contributed by atoms with Gasteiger partial charge in [-0.25, -0.2) is 0 Å². The summed E-state index contributed by atoms with van der Waals surface area (Å²) in [5.41, 5.74) is 2.91. The number of carboxylic acid groups (broad SMARTS) is 1. The largest absolute Gasteiger partial charge is 0.481 e. The minimum atomic E-state index is -0.902. The van der Waals surface area contributed by atoms with E-state index in [-0.39, 0.29) is 17.9 Å². The fraction of sp³-hybridized carbons (Fsp3) is 0.190. The highest BCUT2D eigenvalue weighted by molar-refractivity contribution is 6.07. The first-order valence-electron chi connectivity index (χ1n) is 8.48. The van der Waals surface area contributed by atoms with E-state index in [2.05, 4.69) is 10.6 Å². The Bertz CT molecular complexity index is 894. The van der Waals surface area contributed by atoms with Crippen molar-refractivity contribution in [2.24, 2.45) is 0 Å². The van der Waals surface area contributed by atoms with Gasteiger partial charge in [-0.2, -0.15) is 5.26 Å². The summed E-state index contributed by atoms with van der Waals surface area (Å²) in [5.74, 6) is -1.17. The zero-order valence-electron chi connectivity index (χ0n) is 15.2. The maximum Gasteiger partial charge on any atom is 0.307 e. The molecule has 138 valence electrons. The van der Waals surface area contributed by atoms with Crippen LogP contribution in [0.4, 0.5) is 11.4 Å². The lowest BCUT2D eigenvalue weighted by Gasteiger charge is -2.13. The number of nitrogens with zero attached hydrogens (tertiary/aromatic N) is 1. The molecule has 0 aromatic heterocycles. The number of para-hydroxylation sites is 1. The Morgan fingerprint density at radius 3 is 2.41 bits per heavy atom. The summed E-state index contributed by atoms with van der Waals surface area (Å²) in [6, 6.07) is 16.1. The van der Waals surface area contributed by atoms with Crippen LogP contribution in [-0.4, -0.2) is 17.0 Å². The first-order chi connectivity index (χ1) is 12.9. The van der Waals surface area contributed by atoms with Crippen LogP contribution in [0.25, 0.3) is 0 Å². The molecule has 6 heteroatoms. The number of nitriles is 1. The molecule has 0 unspecified atom stereocenters. The molecule has 0 fully saturated rings. The standard InChI is InChI=1S/C21H21N3O3/c1-14(2)18-5-3-4-6-19(18)24-21(27)16(12-22)13-23-17-9-7-15(8-10-17)11-20(25)26/h3-10,13-14,23H,11H2,1-2H3,(H,24,27)(H,25,26)/b16-13-. The molecular weight excluding hydrogens is 342 g/mol. The zero-order chi connectivity index (χ0) is 19.8. The van der Waals surface area contributed by atoms with Crippen LogP contribution in [0, 0.1) is 11.3 Å². The van der Waals surface area contributed by atoms with Crippen LogP contribution in [0.1, 0.15) is 30.9 Å². The molecule has 2 aromatic carbocycles. The molecule has 3 N–H and O–H groups in total. The van der Waals surface area contributed by atoms with Crippen molar-refractivity contribution in [1.82, 2.24) is 0 Å². The van der Waals surface area contributed by atoms with E-state index >= 15 is 0 Å². The summed E-state index contributed by atoms with van der Waals surface area (Å²) in [6.45, 7) is 4.06. The van der Waals surface area contributed by atoms with Crippen molar-refractivity contribution in [1.29, 1.82) is 5.26 Å². The SMILES string of the molecule is CC(C)c1ccccc1NC(=O)/C(C#N)=C\Nc1ccc(CC(=O)O)cc1. The number of hydrogen-bond donors (Lipinski definition) is 3. The summed E-state index contributed by atoms with van der Waals surface area (Å²) in [7, 11) is 0. The van der Waals surface area contributed by atoms with Crippen LogP contribution in [0.5, 0.6) is 0 Å². The molecule has 2 aromatic rings. The van der Waals surface area contributed by atoms with Crippen molar-refractivity contribution in [3.63, 3.8) is 0 Å². The van der Waals surface area contributed by atoms with Gasteiger partial charge < -0.3 is 15.7 Å². The highest BCUT2D eigenvalue weighted by atomic mass is 16.4. The van der Waals surface area contributed by atoms with Crippen molar-refractivity contribution < 1.29 is 14.7 Å². The predicted octanol–water partition coefficient (Wildman–Crippen LogP) is 3.90. The Balaban J connectivity index is 2.09. The van der Waals surface area contributed by atoms with Crippen LogP contribution >= 0.6 is 0 Å². The van der Waals surface area contributed by atoms with E-state index in [4.69, 9.17) is 5.11 Å². The molecule has 0 aliphatic rings. The molecule has 0 saturated heterocycles. The van der Waals surface area contributed by atoms with Gasteiger partial charge in [-0.3, -0.25) is 9.59 Å². The molecule has 0 heterocycles. The molecule has 27 heavy (non-hydrogen) atoms. The van der Waals surface area contributed by atoms with E-state index in [9.17, 15) is 14.9 Å². The van der Waals surface area contributed by atoms with Crippen molar-refractivity contribution in [3.8, 4) is 6.07 Å². The van der Waals surface area contributed by atoms with Gasteiger partial charge in [0.1, 0.15) is 11.6 Å². The molecule has 0 aliphatic heterocycles. The number of nitrogens with one attached hydrogen (secondary N) is 2. The van der Waals surface area contributed by atoms with Crippen LogP contribution in [-0.2, 0) is 16.0 Å². The van der Waals surface area contributed by atoms with Gasteiger partial charge in [0, 0.05) is 17.6 Å². The normalized spacial score (nSPS) is 11.0. The van der Waals surface area contributed by atoms with Crippen LogP contribution in [0.15, 0.2) is 60.3 Å². The van der Waals surface area contributed by atoms with E-state index in [0.29, 0.717) is 16.9 Å². The summed E-state index contributed by atoms with van der Waals surface area (Å²) in [5, 5.41) is 23.7. The molecule has 2 rings (SSSR count). The molecule has 1 amide bonds. The summed E-state index contributed by atoms with van der Waals surface area (Å²) in [6.07, 6.45) is 1.27. The van der Waals surface area contributed by atoms with Gasteiger partial charge in [0.2, 0.25) is 0 Å². The Hall–Kier alpha value is -3.59. The maximum absolute atomic E-state index is 12.4. The van der Waals surface area contributed by atoms with Gasteiger partial charge in [0.25, 0.3) is 5.91 Å². The average molecular weight is 363 g/mol. The lowest BCUT2D eigenvalue weighted by Crippen LogP contribution is -2.16. The first kappa shape index (κ1) is 19.7.